The third kappa shape index (κ3) is 48.9. The van der Waals surface area contributed by atoms with Gasteiger partial charge in [-0.05, 0) is 32.1 Å². The van der Waals surface area contributed by atoms with E-state index in [1.165, 1.54) is 327 Å². The summed E-state index contributed by atoms with van der Waals surface area (Å²) < 4.78 is 22.9. The number of unbranched alkanes of at least 4 members (excludes halogenated alkanes) is 55. The molecular formula is C81H155NO13. The van der Waals surface area contributed by atoms with Gasteiger partial charge in [0.2, 0.25) is 5.91 Å². The van der Waals surface area contributed by atoms with Crippen LogP contribution in [-0.2, 0) is 23.7 Å². The monoisotopic (exact) mass is 1350 g/mol. The highest BCUT2D eigenvalue weighted by atomic mass is 16.7. The van der Waals surface area contributed by atoms with Crippen LogP contribution in [0.5, 0.6) is 0 Å². The van der Waals surface area contributed by atoms with Crippen LogP contribution in [0.2, 0.25) is 0 Å². The zero-order valence-electron chi connectivity index (χ0n) is 61.7. The summed E-state index contributed by atoms with van der Waals surface area (Å²) in [5, 5.41) is 87.7. The maximum absolute atomic E-state index is 13.4. The Labute approximate surface area is 583 Å². The van der Waals surface area contributed by atoms with Crippen molar-refractivity contribution >= 4 is 5.91 Å². The summed E-state index contributed by atoms with van der Waals surface area (Å²) in [4.78, 5) is 13.4. The molecule has 95 heavy (non-hydrogen) atoms. The van der Waals surface area contributed by atoms with Crippen molar-refractivity contribution in [2.45, 2.75) is 466 Å². The number of hydrogen-bond acceptors (Lipinski definition) is 13. The van der Waals surface area contributed by atoms with E-state index in [1.807, 2.05) is 6.08 Å². The van der Waals surface area contributed by atoms with E-state index in [1.54, 1.807) is 6.08 Å². The zero-order valence-corrected chi connectivity index (χ0v) is 61.7. The smallest absolute Gasteiger partial charge is 0.220 e. The van der Waals surface area contributed by atoms with Gasteiger partial charge in [0.15, 0.2) is 12.6 Å². The molecule has 12 atom stereocenters. The van der Waals surface area contributed by atoms with Crippen LogP contribution >= 0.6 is 0 Å². The lowest BCUT2D eigenvalue weighted by atomic mass is 9.97. The molecule has 14 nitrogen and oxygen atoms in total. The molecule has 0 radical (unpaired) electrons. The van der Waals surface area contributed by atoms with Crippen LogP contribution < -0.4 is 5.32 Å². The predicted octanol–water partition coefficient (Wildman–Crippen LogP) is 18.6. The number of rotatable bonds is 70. The molecule has 12 unspecified atom stereocenters. The molecule has 0 bridgehead atoms. The maximum atomic E-state index is 13.4. The van der Waals surface area contributed by atoms with Crippen LogP contribution in [-0.4, -0.2) is 140 Å². The molecule has 1 amide bonds. The first-order chi connectivity index (χ1) is 46.6. The van der Waals surface area contributed by atoms with E-state index in [0.717, 1.165) is 32.1 Å². The number of hydrogen-bond donors (Lipinski definition) is 9. The molecule has 9 N–H and O–H groups in total. The zero-order chi connectivity index (χ0) is 68.7. The third-order valence-electron chi connectivity index (χ3n) is 20.4. The summed E-state index contributed by atoms with van der Waals surface area (Å²) in [5.41, 5.74) is 0. The van der Waals surface area contributed by atoms with E-state index in [2.05, 4.69) is 31.3 Å². The number of amides is 1. The fourth-order valence-electron chi connectivity index (χ4n) is 13.9. The van der Waals surface area contributed by atoms with Gasteiger partial charge in [0.1, 0.15) is 48.8 Å². The van der Waals surface area contributed by atoms with Gasteiger partial charge < -0.3 is 65.1 Å². The average Bonchev–Trinajstić information content (AvgIpc) is 0.807. The van der Waals surface area contributed by atoms with Crippen molar-refractivity contribution in [3.05, 3.63) is 24.3 Å². The first-order valence-corrected chi connectivity index (χ1v) is 41.1. The number of aliphatic hydroxyl groups excluding tert-OH is 8. The number of aliphatic hydroxyl groups is 8. The van der Waals surface area contributed by atoms with Crippen molar-refractivity contribution in [3.8, 4) is 0 Å². The van der Waals surface area contributed by atoms with Gasteiger partial charge in [-0.2, -0.15) is 0 Å². The molecule has 0 spiro atoms. The molecule has 0 aromatic carbocycles. The normalized spacial score (nSPS) is 22.4. The van der Waals surface area contributed by atoms with Gasteiger partial charge in [-0.1, -0.05) is 378 Å². The molecule has 2 fully saturated rings. The van der Waals surface area contributed by atoms with E-state index in [0.29, 0.717) is 12.8 Å². The average molecular weight is 1350 g/mol. The lowest BCUT2D eigenvalue weighted by Crippen LogP contribution is -2.65. The summed E-state index contributed by atoms with van der Waals surface area (Å²) in [6.45, 7) is 2.86. The Balaban J connectivity index is 1.61. The van der Waals surface area contributed by atoms with E-state index in [4.69, 9.17) is 18.9 Å². The number of carbonyl (C=O) groups is 1. The van der Waals surface area contributed by atoms with Crippen LogP contribution in [0.4, 0.5) is 0 Å². The Morgan fingerprint density at radius 2 is 0.674 bits per heavy atom. The number of carbonyl (C=O) groups excluding carboxylic acids is 1. The highest BCUT2D eigenvalue weighted by Gasteiger charge is 2.51. The lowest BCUT2D eigenvalue weighted by Gasteiger charge is -2.46. The second-order valence-electron chi connectivity index (χ2n) is 29.3. The highest BCUT2D eigenvalue weighted by molar-refractivity contribution is 5.76. The molecular weight excluding hydrogens is 1190 g/mol. The molecule has 0 saturated carbocycles. The Morgan fingerprint density at radius 3 is 1.03 bits per heavy atom. The first kappa shape index (κ1) is 89.6. The van der Waals surface area contributed by atoms with Gasteiger partial charge in [-0.25, -0.2) is 0 Å². The molecule has 2 aliphatic heterocycles. The van der Waals surface area contributed by atoms with E-state index < -0.39 is 86.8 Å². The van der Waals surface area contributed by atoms with Crippen molar-refractivity contribution in [2.75, 3.05) is 19.8 Å². The molecule has 0 aromatic rings. The predicted molar refractivity (Wildman–Crippen MR) is 392 cm³/mol. The van der Waals surface area contributed by atoms with Crippen LogP contribution in [0.3, 0.4) is 0 Å². The molecule has 2 aliphatic rings. The standard InChI is InChI=1S/C81H155NO13/c1-3-5-7-9-11-13-15-17-19-21-23-25-27-29-31-33-34-35-36-37-39-41-43-45-47-49-51-53-55-57-59-61-63-65-73(86)82-69(68-92-80-78(91)76(89)79(72(67-84)94-80)95-81-77(90)75(88)74(87)71(66-83)93-81)70(85)64-62-60-58-56-54-52-50-48-46-44-42-40-38-32-30-28-26-24-22-20-18-16-14-12-10-8-6-4-2/h54,56,62,64,69-72,74-81,83-85,87-91H,3-53,55,57-61,63,65-68H2,1-2H3,(H,82,86)/b56-54+,64-62+. The van der Waals surface area contributed by atoms with Crippen LogP contribution in [0, 0.1) is 0 Å². The molecule has 2 heterocycles. The van der Waals surface area contributed by atoms with Gasteiger partial charge in [0, 0.05) is 6.42 Å². The number of allylic oxidation sites excluding steroid dienone is 3. The van der Waals surface area contributed by atoms with Crippen molar-refractivity contribution in [1.82, 2.24) is 5.32 Å². The van der Waals surface area contributed by atoms with E-state index >= 15 is 0 Å². The minimum Gasteiger partial charge on any atom is -0.394 e. The fraction of sp³-hybridized carbons (Fsp3) is 0.938. The van der Waals surface area contributed by atoms with Crippen molar-refractivity contribution in [1.29, 1.82) is 0 Å². The molecule has 2 saturated heterocycles. The Bertz CT molecular complexity index is 1690. The van der Waals surface area contributed by atoms with Gasteiger partial charge in [0.25, 0.3) is 0 Å². The topological polar surface area (TPSA) is 228 Å². The summed E-state index contributed by atoms with van der Waals surface area (Å²) in [7, 11) is 0. The SMILES string of the molecule is CCCCCCCCCCCCCCCCCCCCCCCC/C=C/CC/C=C/C(O)C(COC1OC(CO)C(OC2OC(CO)C(O)C(O)C2O)C(O)C1O)NC(=O)CCCCCCCCCCCCCCCCCCCCCCCCCCCCCCCCCCC. The van der Waals surface area contributed by atoms with Crippen molar-refractivity contribution in [2.24, 2.45) is 0 Å². The second kappa shape index (κ2) is 65.8. The first-order valence-electron chi connectivity index (χ1n) is 41.1. The minimum atomic E-state index is -1.79. The number of ether oxygens (including phenoxy) is 4. The third-order valence-corrected chi connectivity index (χ3v) is 20.4. The van der Waals surface area contributed by atoms with Crippen LogP contribution in [0.1, 0.15) is 393 Å². The second-order valence-corrected chi connectivity index (χ2v) is 29.3. The molecule has 562 valence electrons. The molecule has 2 rings (SSSR count). The van der Waals surface area contributed by atoms with Gasteiger partial charge in [-0.15, -0.1) is 0 Å². The Hall–Kier alpha value is -1.53. The lowest BCUT2D eigenvalue weighted by molar-refractivity contribution is -0.359. The molecule has 0 aliphatic carbocycles. The van der Waals surface area contributed by atoms with Crippen LogP contribution in [0.25, 0.3) is 0 Å². The maximum Gasteiger partial charge on any atom is 0.220 e. The van der Waals surface area contributed by atoms with E-state index in [9.17, 15) is 45.6 Å². The van der Waals surface area contributed by atoms with Gasteiger partial charge in [0.05, 0.1) is 32.0 Å². The van der Waals surface area contributed by atoms with Crippen molar-refractivity contribution in [3.63, 3.8) is 0 Å². The van der Waals surface area contributed by atoms with Gasteiger partial charge in [-0.3, -0.25) is 4.79 Å². The summed E-state index contributed by atoms with van der Waals surface area (Å²) in [6.07, 6.45) is 68.5. The summed E-state index contributed by atoms with van der Waals surface area (Å²) in [6, 6.07) is -0.931. The Kier molecular flexibility index (Phi) is 62.0. The quantitative estimate of drug-likeness (QED) is 0.0204. The van der Waals surface area contributed by atoms with Crippen LogP contribution in [0.15, 0.2) is 24.3 Å². The Morgan fingerprint density at radius 1 is 0.368 bits per heavy atom. The number of nitrogens with one attached hydrogen (secondary N) is 1. The minimum absolute atomic E-state index is 0.239. The van der Waals surface area contributed by atoms with E-state index in [-0.39, 0.29) is 18.9 Å². The van der Waals surface area contributed by atoms with Crippen molar-refractivity contribution < 1.29 is 64.6 Å². The molecule has 0 aromatic heterocycles. The summed E-state index contributed by atoms with van der Waals surface area (Å²) >= 11 is 0. The summed E-state index contributed by atoms with van der Waals surface area (Å²) in [5.74, 6) is -0.239. The largest absolute Gasteiger partial charge is 0.394 e. The molecule has 14 heteroatoms. The van der Waals surface area contributed by atoms with Gasteiger partial charge >= 0.3 is 0 Å². The highest BCUT2D eigenvalue weighted by Crippen LogP contribution is 2.30. The fourth-order valence-corrected chi connectivity index (χ4v) is 13.9.